The van der Waals surface area contributed by atoms with Crippen LogP contribution in [0.15, 0.2) is 63.3 Å². The van der Waals surface area contributed by atoms with Gasteiger partial charge >= 0.3 is 0 Å². The third kappa shape index (κ3) is 6.72. The number of halogens is 1. The third-order valence-corrected chi connectivity index (χ3v) is 7.89. The Balaban J connectivity index is 1.73. The normalized spacial score (nSPS) is 12.0. The number of sulfonamides is 1. The van der Waals surface area contributed by atoms with Crippen LogP contribution in [0.25, 0.3) is 11.3 Å². The number of benzene rings is 2. The SMILES string of the molecule is CC(C)CN(CC(C)C)S(=O)(=O)c1ccc(C(=O)Nc2nc(-c3ccc(Br)cc3)cs2)cc1. The number of amides is 1. The molecule has 176 valence electrons. The van der Waals surface area contributed by atoms with Crippen molar-refractivity contribution in [1.29, 1.82) is 0 Å². The van der Waals surface area contributed by atoms with Gasteiger partial charge in [-0.25, -0.2) is 13.4 Å². The van der Waals surface area contributed by atoms with Crippen molar-refractivity contribution in [3.8, 4) is 11.3 Å². The quantitative estimate of drug-likeness (QED) is 0.348. The van der Waals surface area contributed by atoms with Crippen LogP contribution >= 0.6 is 27.3 Å². The number of nitrogens with zero attached hydrogens (tertiary/aromatic N) is 2. The van der Waals surface area contributed by atoms with E-state index in [1.54, 1.807) is 0 Å². The number of hydrogen-bond acceptors (Lipinski definition) is 5. The molecule has 0 bridgehead atoms. The highest BCUT2D eigenvalue weighted by atomic mass is 79.9. The Morgan fingerprint density at radius 2 is 1.58 bits per heavy atom. The standard InChI is InChI=1S/C24H28BrN3O3S2/c1-16(2)13-28(14-17(3)4)33(30,31)21-11-7-19(8-12-21)23(29)27-24-26-22(15-32-24)18-5-9-20(25)10-6-18/h5-12,15-17H,13-14H2,1-4H3,(H,26,27,29). The summed E-state index contributed by atoms with van der Waals surface area (Å²) in [6.45, 7) is 8.89. The molecule has 3 rings (SSSR count). The minimum atomic E-state index is -3.63. The molecule has 0 atom stereocenters. The first kappa shape index (κ1) is 25.6. The van der Waals surface area contributed by atoms with E-state index in [1.807, 2.05) is 57.3 Å². The van der Waals surface area contributed by atoms with Crippen molar-refractivity contribution in [1.82, 2.24) is 9.29 Å². The average Bonchev–Trinajstić information content (AvgIpc) is 3.21. The molecular weight excluding hydrogens is 522 g/mol. The third-order valence-electron chi connectivity index (χ3n) is 4.76. The van der Waals surface area contributed by atoms with Crippen LogP contribution in [0, 0.1) is 11.8 Å². The summed E-state index contributed by atoms with van der Waals surface area (Å²) in [7, 11) is -3.63. The lowest BCUT2D eigenvalue weighted by Gasteiger charge is -2.25. The number of nitrogens with one attached hydrogen (secondary N) is 1. The van der Waals surface area contributed by atoms with Gasteiger partial charge in [-0.15, -0.1) is 11.3 Å². The van der Waals surface area contributed by atoms with Crippen LogP contribution in [0.3, 0.4) is 0 Å². The lowest BCUT2D eigenvalue weighted by atomic mass is 10.2. The van der Waals surface area contributed by atoms with Crippen molar-refractivity contribution in [2.24, 2.45) is 11.8 Å². The number of carbonyl (C=O) groups excluding carboxylic acids is 1. The van der Waals surface area contributed by atoms with E-state index in [-0.39, 0.29) is 22.6 Å². The van der Waals surface area contributed by atoms with Gasteiger partial charge in [-0.05, 0) is 48.2 Å². The van der Waals surface area contributed by atoms with Gasteiger partial charge in [0.2, 0.25) is 10.0 Å². The second kappa shape index (κ2) is 10.9. The van der Waals surface area contributed by atoms with Gasteiger partial charge in [0.05, 0.1) is 10.6 Å². The van der Waals surface area contributed by atoms with Crippen molar-refractivity contribution >= 4 is 48.3 Å². The molecule has 1 N–H and O–H groups in total. The fourth-order valence-corrected chi connectivity index (χ4v) is 6.01. The molecule has 1 aromatic heterocycles. The molecule has 0 spiro atoms. The molecular formula is C24H28BrN3O3S2. The fourth-order valence-electron chi connectivity index (χ4n) is 3.27. The lowest BCUT2D eigenvalue weighted by Crippen LogP contribution is -2.37. The molecule has 6 nitrogen and oxygen atoms in total. The first-order valence-corrected chi connectivity index (χ1v) is 13.8. The maximum Gasteiger partial charge on any atom is 0.257 e. The van der Waals surface area contributed by atoms with Gasteiger partial charge in [0.15, 0.2) is 5.13 Å². The Hall–Kier alpha value is -2.07. The highest BCUT2D eigenvalue weighted by Crippen LogP contribution is 2.26. The van der Waals surface area contributed by atoms with Crippen molar-refractivity contribution in [2.75, 3.05) is 18.4 Å². The number of thiazole rings is 1. The van der Waals surface area contributed by atoms with Crippen LogP contribution in [0.1, 0.15) is 38.1 Å². The Bertz CT molecular complexity index is 1180. The van der Waals surface area contributed by atoms with Crippen LogP contribution in [-0.4, -0.2) is 36.7 Å². The molecule has 9 heteroatoms. The number of carbonyl (C=O) groups is 1. The van der Waals surface area contributed by atoms with Gasteiger partial charge in [0.1, 0.15) is 0 Å². The summed E-state index contributed by atoms with van der Waals surface area (Å²) in [6, 6.07) is 13.8. The second-order valence-electron chi connectivity index (χ2n) is 8.63. The number of aromatic nitrogens is 1. The first-order chi connectivity index (χ1) is 15.6. The molecule has 1 amide bonds. The monoisotopic (exact) mass is 549 g/mol. The van der Waals surface area contributed by atoms with E-state index in [2.05, 4.69) is 26.2 Å². The van der Waals surface area contributed by atoms with E-state index in [0.717, 1.165) is 15.7 Å². The molecule has 33 heavy (non-hydrogen) atoms. The average molecular weight is 551 g/mol. The molecule has 2 aromatic carbocycles. The van der Waals surface area contributed by atoms with Gasteiger partial charge in [-0.1, -0.05) is 55.8 Å². The van der Waals surface area contributed by atoms with E-state index in [9.17, 15) is 13.2 Å². The van der Waals surface area contributed by atoms with E-state index in [0.29, 0.717) is 23.8 Å². The zero-order chi connectivity index (χ0) is 24.2. The summed E-state index contributed by atoms with van der Waals surface area (Å²) in [5.74, 6) is 0.0882. The van der Waals surface area contributed by atoms with Crippen LogP contribution < -0.4 is 5.32 Å². The number of hydrogen-bond donors (Lipinski definition) is 1. The van der Waals surface area contributed by atoms with Crippen LogP contribution in [0.5, 0.6) is 0 Å². The minimum Gasteiger partial charge on any atom is -0.298 e. The molecule has 0 aliphatic carbocycles. The molecule has 0 radical (unpaired) electrons. The minimum absolute atomic E-state index is 0.187. The van der Waals surface area contributed by atoms with Crippen LogP contribution in [-0.2, 0) is 10.0 Å². The molecule has 3 aromatic rings. The molecule has 0 unspecified atom stereocenters. The van der Waals surface area contributed by atoms with Crippen molar-refractivity contribution < 1.29 is 13.2 Å². The molecule has 0 fully saturated rings. The molecule has 0 saturated carbocycles. The summed E-state index contributed by atoms with van der Waals surface area (Å²) >= 11 is 4.75. The Kier molecular flexibility index (Phi) is 8.44. The summed E-state index contributed by atoms with van der Waals surface area (Å²) in [6.07, 6.45) is 0. The summed E-state index contributed by atoms with van der Waals surface area (Å²) in [5, 5.41) is 5.15. The summed E-state index contributed by atoms with van der Waals surface area (Å²) < 4.78 is 28.8. The molecule has 1 heterocycles. The van der Waals surface area contributed by atoms with Crippen molar-refractivity contribution in [2.45, 2.75) is 32.6 Å². The zero-order valence-corrected chi connectivity index (χ0v) is 22.3. The van der Waals surface area contributed by atoms with Gasteiger partial charge < -0.3 is 0 Å². The number of anilines is 1. The van der Waals surface area contributed by atoms with Gasteiger partial charge in [-0.2, -0.15) is 4.31 Å². The highest BCUT2D eigenvalue weighted by molar-refractivity contribution is 9.10. The van der Waals surface area contributed by atoms with E-state index < -0.39 is 10.0 Å². The second-order valence-corrected chi connectivity index (χ2v) is 12.3. The maximum atomic E-state index is 13.1. The lowest BCUT2D eigenvalue weighted by molar-refractivity contribution is 0.102. The highest BCUT2D eigenvalue weighted by Gasteiger charge is 2.26. The van der Waals surface area contributed by atoms with E-state index in [4.69, 9.17) is 0 Å². The molecule has 0 saturated heterocycles. The molecule has 0 aliphatic heterocycles. The van der Waals surface area contributed by atoms with E-state index >= 15 is 0 Å². The Morgan fingerprint density at radius 1 is 1.00 bits per heavy atom. The fraction of sp³-hybridized carbons (Fsp3) is 0.333. The smallest absolute Gasteiger partial charge is 0.257 e. The summed E-state index contributed by atoms with van der Waals surface area (Å²) in [5.41, 5.74) is 2.10. The number of rotatable bonds is 9. The van der Waals surface area contributed by atoms with E-state index in [1.165, 1.54) is 39.9 Å². The van der Waals surface area contributed by atoms with Crippen molar-refractivity contribution in [3.63, 3.8) is 0 Å². The van der Waals surface area contributed by atoms with Gasteiger partial charge in [0.25, 0.3) is 5.91 Å². The Labute approximate surface area is 208 Å². The Morgan fingerprint density at radius 3 is 2.12 bits per heavy atom. The molecule has 0 aliphatic rings. The van der Waals surface area contributed by atoms with Gasteiger partial charge in [0, 0.05) is 34.1 Å². The predicted octanol–water partition coefficient (Wildman–Crippen LogP) is 6.13. The van der Waals surface area contributed by atoms with Crippen molar-refractivity contribution in [3.05, 3.63) is 63.9 Å². The van der Waals surface area contributed by atoms with Crippen LogP contribution in [0.4, 0.5) is 5.13 Å². The van der Waals surface area contributed by atoms with Gasteiger partial charge in [-0.3, -0.25) is 10.1 Å². The van der Waals surface area contributed by atoms with Crippen LogP contribution in [0.2, 0.25) is 0 Å². The first-order valence-electron chi connectivity index (χ1n) is 10.7. The topological polar surface area (TPSA) is 79.4 Å². The zero-order valence-electron chi connectivity index (χ0n) is 19.1. The summed E-state index contributed by atoms with van der Waals surface area (Å²) in [4.78, 5) is 17.3. The predicted molar refractivity (Wildman–Crippen MR) is 138 cm³/mol. The largest absolute Gasteiger partial charge is 0.298 e. The maximum absolute atomic E-state index is 13.1.